The molecule has 0 bridgehead atoms. The van der Waals surface area contributed by atoms with Crippen LogP contribution in [0.3, 0.4) is 0 Å². The molecule has 0 aliphatic heterocycles. The molecule has 1 aromatic carbocycles. The Balaban J connectivity index is 2.41. The lowest BCUT2D eigenvalue weighted by molar-refractivity contribution is -0.117. The maximum absolute atomic E-state index is 11.9. The van der Waals surface area contributed by atoms with Crippen molar-refractivity contribution < 1.29 is 14.3 Å². The Morgan fingerprint density at radius 3 is 2.71 bits per heavy atom. The molecule has 0 unspecified atom stereocenters. The van der Waals surface area contributed by atoms with Crippen molar-refractivity contribution in [3.05, 3.63) is 18.2 Å². The second-order valence-electron chi connectivity index (χ2n) is 5.57. The van der Waals surface area contributed by atoms with Crippen LogP contribution in [0, 0.1) is 0 Å². The zero-order valence-electron chi connectivity index (χ0n) is 13.4. The molecule has 1 rings (SSSR count). The summed E-state index contributed by atoms with van der Waals surface area (Å²) in [5, 5.41) is 2.83. The van der Waals surface area contributed by atoms with Gasteiger partial charge in [-0.2, -0.15) is 0 Å². The Labute approximate surface area is 126 Å². The van der Waals surface area contributed by atoms with Crippen LogP contribution >= 0.6 is 0 Å². The molecule has 5 nitrogen and oxygen atoms in total. The standard InChI is InChI=1S/C16H26N2O3/c1-5-16(2,3)21-10-6-7-15(19)18-13-9-8-12(17)11-14(13)20-4/h8-9,11H,5-7,10,17H2,1-4H3,(H,18,19). The highest BCUT2D eigenvalue weighted by molar-refractivity contribution is 5.92. The first-order valence-electron chi connectivity index (χ1n) is 7.25. The number of rotatable bonds is 8. The number of hydrogen-bond donors (Lipinski definition) is 2. The number of hydrogen-bond acceptors (Lipinski definition) is 4. The summed E-state index contributed by atoms with van der Waals surface area (Å²) < 4.78 is 10.9. The molecule has 0 aliphatic carbocycles. The molecule has 1 aromatic rings. The van der Waals surface area contributed by atoms with Gasteiger partial charge in [0.2, 0.25) is 5.91 Å². The second kappa shape index (κ2) is 7.88. The van der Waals surface area contributed by atoms with Crippen LogP contribution in [-0.2, 0) is 9.53 Å². The van der Waals surface area contributed by atoms with Crippen molar-refractivity contribution >= 4 is 17.3 Å². The Bertz CT molecular complexity index is 473. The first-order valence-corrected chi connectivity index (χ1v) is 7.25. The van der Waals surface area contributed by atoms with E-state index >= 15 is 0 Å². The van der Waals surface area contributed by atoms with Crippen LogP contribution in [0.2, 0.25) is 0 Å². The molecule has 1 amide bonds. The van der Waals surface area contributed by atoms with Crippen LogP contribution in [0.25, 0.3) is 0 Å². The van der Waals surface area contributed by atoms with Gasteiger partial charge in [-0.3, -0.25) is 4.79 Å². The molecular formula is C16H26N2O3. The summed E-state index contributed by atoms with van der Waals surface area (Å²) in [6, 6.07) is 5.15. The average molecular weight is 294 g/mol. The summed E-state index contributed by atoms with van der Waals surface area (Å²) in [5.41, 5.74) is 6.78. The van der Waals surface area contributed by atoms with Gasteiger partial charge in [-0.25, -0.2) is 0 Å². The van der Waals surface area contributed by atoms with Crippen molar-refractivity contribution in [3.8, 4) is 5.75 Å². The van der Waals surface area contributed by atoms with Crippen molar-refractivity contribution in [2.75, 3.05) is 24.8 Å². The van der Waals surface area contributed by atoms with E-state index in [1.807, 2.05) is 13.8 Å². The van der Waals surface area contributed by atoms with Gasteiger partial charge in [0.05, 0.1) is 18.4 Å². The fraction of sp³-hybridized carbons (Fsp3) is 0.562. The quantitative estimate of drug-likeness (QED) is 0.570. The number of amides is 1. The van der Waals surface area contributed by atoms with Gasteiger partial charge in [0.1, 0.15) is 5.75 Å². The minimum atomic E-state index is -0.128. The summed E-state index contributed by atoms with van der Waals surface area (Å²) in [7, 11) is 1.55. The highest BCUT2D eigenvalue weighted by atomic mass is 16.5. The van der Waals surface area contributed by atoms with Gasteiger partial charge in [-0.15, -0.1) is 0 Å². The molecule has 0 aromatic heterocycles. The molecule has 21 heavy (non-hydrogen) atoms. The first-order chi connectivity index (χ1) is 9.88. The van der Waals surface area contributed by atoms with E-state index in [2.05, 4.69) is 12.2 Å². The Morgan fingerprint density at radius 2 is 2.10 bits per heavy atom. The number of nitrogen functional groups attached to an aromatic ring is 1. The number of nitrogens with one attached hydrogen (secondary N) is 1. The average Bonchev–Trinajstić information content (AvgIpc) is 2.45. The summed E-state index contributed by atoms with van der Waals surface area (Å²) in [4.78, 5) is 11.9. The minimum Gasteiger partial charge on any atom is -0.494 e. The van der Waals surface area contributed by atoms with Crippen molar-refractivity contribution in [1.82, 2.24) is 0 Å². The van der Waals surface area contributed by atoms with Gasteiger partial charge in [0.25, 0.3) is 0 Å². The third kappa shape index (κ3) is 6.04. The van der Waals surface area contributed by atoms with E-state index in [-0.39, 0.29) is 11.5 Å². The molecule has 3 N–H and O–H groups in total. The summed E-state index contributed by atoms with van der Waals surface area (Å²) in [5.74, 6) is 0.502. The van der Waals surface area contributed by atoms with Crippen molar-refractivity contribution in [2.24, 2.45) is 0 Å². The zero-order valence-corrected chi connectivity index (χ0v) is 13.4. The number of methoxy groups -OCH3 is 1. The number of nitrogens with two attached hydrogens (primary N) is 1. The van der Waals surface area contributed by atoms with Crippen LogP contribution in [0.4, 0.5) is 11.4 Å². The van der Waals surface area contributed by atoms with E-state index in [1.54, 1.807) is 25.3 Å². The van der Waals surface area contributed by atoms with Crippen LogP contribution in [0.5, 0.6) is 5.75 Å². The maximum Gasteiger partial charge on any atom is 0.224 e. The SMILES string of the molecule is CCC(C)(C)OCCCC(=O)Nc1ccc(N)cc1OC. The first kappa shape index (κ1) is 17.3. The molecule has 0 saturated heterocycles. The molecule has 0 heterocycles. The highest BCUT2D eigenvalue weighted by Crippen LogP contribution is 2.26. The molecular weight excluding hydrogens is 268 g/mol. The van der Waals surface area contributed by atoms with Crippen LogP contribution < -0.4 is 15.8 Å². The summed E-state index contributed by atoms with van der Waals surface area (Å²) in [6.07, 6.45) is 2.04. The lowest BCUT2D eigenvalue weighted by Crippen LogP contribution is -2.24. The molecule has 0 atom stereocenters. The predicted octanol–water partition coefficient (Wildman–Crippen LogP) is 3.20. The number of benzene rings is 1. The third-order valence-corrected chi connectivity index (χ3v) is 3.39. The van der Waals surface area contributed by atoms with E-state index in [1.165, 1.54) is 0 Å². The zero-order chi connectivity index (χ0) is 15.9. The van der Waals surface area contributed by atoms with Crippen molar-refractivity contribution in [3.63, 3.8) is 0 Å². The van der Waals surface area contributed by atoms with Crippen LogP contribution in [0.1, 0.15) is 40.0 Å². The lowest BCUT2D eigenvalue weighted by atomic mass is 10.1. The van der Waals surface area contributed by atoms with Crippen molar-refractivity contribution in [1.29, 1.82) is 0 Å². The third-order valence-electron chi connectivity index (χ3n) is 3.39. The van der Waals surface area contributed by atoms with Crippen LogP contribution in [-0.4, -0.2) is 25.2 Å². The van der Waals surface area contributed by atoms with E-state index in [9.17, 15) is 4.79 Å². The van der Waals surface area contributed by atoms with E-state index in [0.29, 0.717) is 36.6 Å². The molecule has 5 heteroatoms. The number of ether oxygens (including phenoxy) is 2. The predicted molar refractivity (Wildman–Crippen MR) is 85.6 cm³/mol. The fourth-order valence-corrected chi connectivity index (χ4v) is 1.71. The van der Waals surface area contributed by atoms with E-state index < -0.39 is 0 Å². The number of anilines is 2. The number of carbonyl (C=O) groups excluding carboxylic acids is 1. The largest absolute Gasteiger partial charge is 0.494 e. The Kier molecular flexibility index (Phi) is 6.49. The van der Waals surface area contributed by atoms with E-state index in [4.69, 9.17) is 15.2 Å². The Hall–Kier alpha value is -1.75. The lowest BCUT2D eigenvalue weighted by Gasteiger charge is -2.23. The number of carbonyl (C=O) groups is 1. The normalized spacial score (nSPS) is 11.2. The molecule has 0 spiro atoms. The highest BCUT2D eigenvalue weighted by Gasteiger charge is 2.15. The molecule has 0 radical (unpaired) electrons. The molecule has 0 fully saturated rings. The molecule has 0 aliphatic rings. The van der Waals surface area contributed by atoms with Gasteiger partial charge in [0.15, 0.2) is 0 Å². The Morgan fingerprint density at radius 1 is 1.38 bits per heavy atom. The monoisotopic (exact) mass is 294 g/mol. The minimum absolute atomic E-state index is 0.0593. The van der Waals surface area contributed by atoms with E-state index in [0.717, 1.165) is 6.42 Å². The van der Waals surface area contributed by atoms with Crippen molar-refractivity contribution in [2.45, 2.75) is 45.6 Å². The fourth-order valence-electron chi connectivity index (χ4n) is 1.71. The van der Waals surface area contributed by atoms with Gasteiger partial charge in [-0.05, 0) is 38.8 Å². The smallest absolute Gasteiger partial charge is 0.224 e. The summed E-state index contributed by atoms with van der Waals surface area (Å²) in [6.45, 7) is 6.76. The second-order valence-corrected chi connectivity index (χ2v) is 5.57. The maximum atomic E-state index is 11.9. The van der Waals surface area contributed by atoms with Gasteiger partial charge in [0, 0.05) is 24.8 Å². The van der Waals surface area contributed by atoms with Gasteiger partial charge in [-0.1, -0.05) is 6.92 Å². The van der Waals surface area contributed by atoms with Gasteiger partial charge >= 0.3 is 0 Å². The molecule has 0 saturated carbocycles. The van der Waals surface area contributed by atoms with Gasteiger partial charge < -0.3 is 20.5 Å². The topological polar surface area (TPSA) is 73.6 Å². The summed E-state index contributed by atoms with van der Waals surface area (Å²) >= 11 is 0. The molecule has 118 valence electrons. The van der Waals surface area contributed by atoms with Crippen LogP contribution in [0.15, 0.2) is 18.2 Å².